The van der Waals surface area contributed by atoms with Gasteiger partial charge in [0.1, 0.15) is 0 Å². The molecule has 1 fully saturated rings. The zero-order valence-electron chi connectivity index (χ0n) is 9.56. The summed E-state index contributed by atoms with van der Waals surface area (Å²) in [5.41, 5.74) is 0. The molecule has 1 aliphatic rings. The Labute approximate surface area is 114 Å². The molecular weight excluding hydrogens is 302 g/mol. The van der Waals surface area contributed by atoms with Gasteiger partial charge in [0.05, 0.1) is 3.79 Å². The minimum Gasteiger partial charge on any atom is -0.481 e. The van der Waals surface area contributed by atoms with E-state index in [0.717, 1.165) is 32.5 Å². The van der Waals surface area contributed by atoms with Crippen molar-refractivity contribution in [2.24, 2.45) is 5.92 Å². The van der Waals surface area contributed by atoms with Crippen molar-refractivity contribution in [2.75, 3.05) is 13.1 Å². The maximum Gasteiger partial charge on any atom is 0.303 e. The molecule has 94 valence electrons. The largest absolute Gasteiger partial charge is 0.481 e. The van der Waals surface area contributed by atoms with Crippen molar-refractivity contribution < 1.29 is 9.90 Å². The number of likely N-dealkylation sites (tertiary alicyclic amines) is 1. The maximum atomic E-state index is 10.5. The Hall–Kier alpha value is -0.390. The van der Waals surface area contributed by atoms with Crippen LogP contribution < -0.4 is 0 Å². The molecule has 2 heterocycles. The molecule has 5 heteroatoms. The molecule has 17 heavy (non-hydrogen) atoms. The number of carboxylic acids is 1. The Morgan fingerprint density at radius 3 is 3.06 bits per heavy atom. The van der Waals surface area contributed by atoms with Gasteiger partial charge < -0.3 is 5.11 Å². The minimum atomic E-state index is -0.675. The van der Waals surface area contributed by atoms with Crippen LogP contribution in [0.4, 0.5) is 0 Å². The van der Waals surface area contributed by atoms with Crippen molar-refractivity contribution in [1.82, 2.24) is 4.90 Å². The summed E-state index contributed by atoms with van der Waals surface area (Å²) in [6.07, 6.45) is 2.27. The molecule has 0 spiro atoms. The van der Waals surface area contributed by atoms with Crippen molar-refractivity contribution >= 4 is 33.2 Å². The van der Waals surface area contributed by atoms with Crippen molar-refractivity contribution in [3.8, 4) is 0 Å². The van der Waals surface area contributed by atoms with Crippen molar-refractivity contribution in [2.45, 2.75) is 25.8 Å². The highest BCUT2D eigenvalue weighted by Gasteiger charge is 2.23. The van der Waals surface area contributed by atoms with Gasteiger partial charge in [0.15, 0.2) is 0 Å². The standard InChI is InChI=1S/C12H16BrNO2S/c13-11-3-2-10(17-11)8-14-6-5-9(7-14)1-4-12(15)16/h2-3,9H,1,4-8H2,(H,15,16). The topological polar surface area (TPSA) is 40.5 Å². The van der Waals surface area contributed by atoms with Gasteiger partial charge in [0, 0.05) is 24.4 Å². The zero-order chi connectivity index (χ0) is 12.3. The Balaban J connectivity index is 1.76. The lowest BCUT2D eigenvalue weighted by Crippen LogP contribution is -2.19. The molecule has 1 saturated heterocycles. The summed E-state index contributed by atoms with van der Waals surface area (Å²) >= 11 is 5.24. The van der Waals surface area contributed by atoms with Gasteiger partial charge in [0.25, 0.3) is 0 Å². The van der Waals surface area contributed by atoms with E-state index in [1.807, 2.05) is 0 Å². The van der Waals surface area contributed by atoms with Gasteiger partial charge in [-0.05, 0) is 53.4 Å². The summed E-state index contributed by atoms with van der Waals surface area (Å²) in [4.78, 5) is 14.3. The second-order valence-electron chi connectivity index (χ2n) is 4.53. The molecule has 1 atom stereocenters. The number of hydrogen-bond acceptors (Lipinski definition) is 3. The first-order valence-corrected chi connectivity index (χ1v) is 7.43. The Morgan fingerprint density at radius 1 is 1.59 bits per heavy atom. The highest BCUT2D eigenvalue weighted by molar-refractivity contribution is 9.11. The van der Waals surface area contributed by atoms with Crippen molar-refractivity contribution in [3.63, 3.8) is 0 Å². The van der Waals surface area contributed by atoms with E-state index in [-0.39, 0.29) is 0 Å². The summed E-state index contributed by atoms with van der Waals surface area (Å²) < 4.78 is 1.18. The molecule has 0 aliphatic carbocycles. The predicted molar refractivity (Wildman–Crippen MR) is 72.3 cm³/mol. The van der Waals surface area contributed by atoms with Crippen LogP contribution >= 0.6 is 27.3 Å². The summed E-state index contributed by atoms with van der Waals surface area (Å²) in [7, 11) is 0. The first-order valence-electron chi connectivity index (χ1n) is 5.82. The average Bonchev–Trinajstić information content (AvgIpc) is 2.86. The summed E-state index contributed by atoms with van der Waals surface area (Å²) in [6.45, 7) is 3.14. The van der Waals surface area contributed by atoms with Crippen LogP contribution in [0.3, 0.4) is 0 Å². The fourth-order valence-electron chi connectivity index (χ4n) is 2.28. The highest BCUT2D eigenvalue weighted by Crippen LogP contribution is 2.27. The minimum absolute atomic E-state index is 0.309. The SMILES string of the molecule is O=C(O)CCC1CCN(Cc2ccc(Br)s2)C1. The maximum absolute atomic E-state index is 10.5. The zero-order valence-corrected chi connectivity index (χ0v) is 12.0. The molecule has 1 aromatic rings. The third kappa shape index (κ3) is 4.08. The fourth-order valence-corrected chi connectivity index (χ4v) is 3.80. The second-order valence-corrected chi connectivity index (χ2v) is 7.08. The Bertz CT molecular complexity index is 394. The molecule has 0 aromatic carbocycles. The van der Waals surface area contributed by atoms with Crippen LogP contribution in [0, 0.1) is 5.92 Å². The third-order valence-electron chi connectivity index (χ3n) is 3.14. The first-order chi connectivity index (χ1) is 8.13. The Morgan fingerprint density at radius 2 is 2.41 bits per heavy atom. The number of rotatable bonds is 5. The number of thiophene rings is 1. The summed E-state index contributed by atoms with van der Waals surface area (Å²) in [6, 6.07) is 4.23. The van der Waals surface area contributed by atoms with Gasteiger partial charge in [-0.15, -0.1) is 11.3 Å². The van der Waals surface area contributed by atoms with Crippen molar-refractivity contribution in [3.05, 3.63) is 20.8 Å². The Kier molecular flexibility index (Phi) is 4.59. The van der Waals surface area contributed by atoms with E-state index >= 15 is 0 Å². The molecule has 1 aromatic heterocycles. The lowest BCUT2D eigenvalue weighted by molar-refractivity contribution is -0.137. The van der Waals surface area contributed by atoms with E-state index in [9.17, 15) is 4.79 Å². The van der Waals surface area contributed by atoms with E-state index in [1.54, 1.807) is 11.3 Å². The lowest BCUT2D eigenvalue weighted by Gasteiger charge is -2.14. The van der Waals surface area contributed by atoms with Gasteiger partial charge in [0.2, 0.25) is 0 Å². The van der Waals surface area contributed by atoms with Crippen LogP contribution in [-0.2, 0) is 11.3 Å². The monoisotopic (exact) mass is 317 g/mol. The molecule has 0 bridgehead atoms. The van der Waals surface area contributed by atoms with Crippen molar-refractivity contribution in [1.29, 1.82) is 0 Å². The number of hydrogen-bond donors (Lipinski definition) is 1. The molecular formula is C12H16BrNO2S. The molecule has 0 amide bonds. The smallest absolute Gasteiger partial charge is 0.303 e. The molecule has 1 N–H and O–H groups in total. The van der Waals surface area contributed by atoms with Crippen LogP contribution in [0.25, 0.3) is 0 Å². The number of aliphatic carboxylic acids is 1. The van der Waals surface area contributed by atoms with E-state index in [4.69, 9.17) is 5.11 Å². The molecule has 2 rings (SSSR count). The van der Waals surface area contributed by atoms with Crippen LogP contribution in [-0.4, -0.2) is 29.1 Å². The summed E-state index contributed by atoms with van der Waals surface area (Å²) in [5, 5.41) is 8.66. The van der Waals surface area contributed by atoms with E-state index in [2.05, 4.69) is 33.0 Å². The number of carbonyl (C=O) groups is 1. The quantitative estimate of drug-likeness (QED) is 0.906. The van der Waals surface area contributed by atoms with Gasteiger partial charge in [-0.1, -0.05) is 0 Å². The third-order valence-corrected chi connectivity index (χ3v) is 4.75. The van der Waals surface area contributed by atoms with Gasteiger partial charge in [-0.3, -0.25) is 9.69 Å². The molecule has 0 saturated carbocycles. The molecule has 0 radical (unpaired) electrons. The van der Waals surface area contributed by atoms with Gasteiger partial charge in [-0.25, -0.2) is 0 Å². The highest BCUT2D eigenvalue weighted by atomic mass is 79.9. The van der Waals surface area contributed by atoms with Crippen LogP contribution in [0.15, 0.2) is 15.9 Å². The molecule has 1 unspecified atom stereocenters. The number of nitrogens with zero attached hydrogens (tertiary/aromatic N) is 1. The van der Waals surface area contributed by atoms with Crippen LogP contribution in [0.5, 0.6) is 0 Å². The molecule has 3 nitrogen and oxygen atoms in total. The molecule has 1 aliphatic heterocycles. The number of carboxylic acid groups (broad SMARTS) is 1. The van der Waals surface area contributed by atoms with E-state index in [1.165, 1.54) is 8.66 Å². The average molecular weight is 318 g/mol. The van der Waals surface area contributed by atoms with E-state index in [0.29, 0.717) is 12.3 Å². The summed E-state index contributed by atoms with van der Waals surface area (Å²) in [5.74, 6) is -0.111. The lowest BCUT2D eigenvalue weighted by atomic mass is 10.0. The van der Waals surface area contributed by atoms with Crippen LogP contribution in [0.1, 0.15) is 24.1 Å². The predicted octanol–water partition coefficient (Wildman–Crippen LogP) is 3.20. The fraction of sp³-hybridized carbons (Fsp3) is 0.583. The van der Waals surface area contributed by atoms with Crippen LogP contribution in [0.2, 0.25) is 0 Å². The normalized spacial score (nSPS) is 20.9. The number of halogens is 1. The second kappa shape index (κ2) is 5.98. The van der Waals surface area contributed by atoms with E-state index < -0.39 is 5.97 Å². The van der Waals surface area contributed by atoms with Gasteiger partial charge in [-0.2, -0.15) is 0 Å². The van der Waals surface area contributed by atoms with Gasteiger partial charge >= 0.3 is 5.97 Å². The first kappa shape index (κ1) is 13.1.